The summed E-state index contributed by atoms with van der Waals surface area (Å²) in [4.78, 5) is 55.9. The molecule has 4 rings (SSSR count). The number of H-pyrrole nitrogens is 1. The molecule has 0 spiro atoms. The van der Waals surface area contributed by atoms with E-state index in [9.17, 15) is 34.5 Å². The highest BCUT2D eigenvalue weighted by atomic mass is 32.2. The van der Waals surface area contributed by atoms with Crippen LogP contribution >= 0.6 is 11.8 Å². The molecule has 4 unspecified atom stereocenters. The highest BCUT2D eigenvalue weighted by molar-refractivity contribution is 7.98. The molecule has 0 saturated carbocycles. The molecule has 0 aliphatic carbocycles. The van der Waals surface area contributed by atoms with Crippen molar-refractivity contribution in [3.8, 4) is 11.5 Å². The molecule has 4 atom stereocenters. The molecule has 1 aromatic heterocycles. The largest absolute Gasteiger partial charge is 0.508 e. The second-order valence-corrected chi connectivity index (χ2v) is 12.2. The minimum atomic E-state index is -1.32. The Morgan fingerprint density at radius 3 is 1.91 bits per heavy atom. The molecule has 0 aliphatic heterocycles. The molecule has 0 radical (unpaired) electrons. The van der Waals surface area contributed by atoms with Crippen LogP contribution in [-0.4, -0.2) is 80.2 Å². The topological polar surface area (TPSA) is 207 Å². The Kier molecular flexibility index (Phi) is 12.3. The Labute approximate surface area is 276 Å². The Hall–Kier alpha value is -5.01. The van der Waals surface area contributed by atoms with Gasteiger partial charge < -0.3 is 42.0 Å². The summed E-state index contributed by atoms with van der Waals surface area (Å²) in [5, 5.41) is 37.9. The van der Waals surface area contributed by atoms with Crippen molar-refractivity contribution in [3.63, 3.8) is 0 Å². The number of aromatic hydroxyl groups is 2. The quantitative estimate of drug-likeness (QED) is 0.0885. The maximum absolute atomic E-state index is 13.7. The number of benzene rings is 3. The number of carboxylic acid groups (broad SMARTS) is 1. The van der Waals surface area contributed by atoms with Crippen molar-refractivity contribution in [3.05, 3.63) is 95.7 Å². The van der Waals surface area contributed by atoms with Gasteiger partial charge in [0, 0.05) is 29.9 Å². The van der Waals surface area contributed by atoms with E-state index < -0.39 is 47.9 Å². The number of carboxylic acids is 1. The molecular weight excluding hydrogens is 622 g/mol. The molecule has 4 aromatic rings. The van der Waals surface area contributed by atoms with Gasteiger partial charge in [-0.2, -0.15) is 11.8 Å². The van der Waals surface area contributed by atoms with Gasteiger partial charge in [-0.05, 0) is 71.9 Å². The first-order chi connectivity index (χ1) is 22.5. The van der Waals surface area contributed by atoms with E-state index in [2.05, 4.69) is 20.9 Å². The summed E-state index contributed by atoms with van der Waals surface area (Å²) in [5.41, 5.74) is 9.03. The highest BCUT2D eigenvalue weighted by Gasteiger charge is 2.31. The Morgan fingerprint density at radius 1 is 0.745 bits per heavy atom. The van der Waals surface area contributed by atoms with Crippen LogP contribution in [0.25, 0.3) is 10.9 Å². The number of nitrogens with two attached hydrogens (primary N) is 1. The Bertz CT molecular complexity index is 1680. The zero-order valence-electron chi connectivity index (χ0n) is 25.8. The normalized spacial score (nSPS) is 13.7. The number of aliphatic carboxylic acids is 1. The first kappa shape index (κ1) is 34.9. The summed E-state index contributed by atoms with van der Waals surface area (Å²) in [6, 6.07) is 15.2. The summed E-state index contributed by atoms with van der Waals surface area (Å²) >= 11 is 1.48. The van der Waals surface area contributed by atoms with E-state index in [0.29, 0.717) is 11.3 Å². The SMILES string of the molecule is CSCCC(NC(=O)C(N)Cc1ccc(O)cc1)C(=O)NC(Cc1c[nH]c2ccccc12)C(=O)NC(Cc1ccc(O)cc1)C(=O)O. The minimum Gasteiger partial charge on any atom is -0.508 e. The minimum absolute atomic E-state index is 0.0237. The number of fused-ring (bicyclic) bond motifs is 1. The second-order valence-electron chi connectivity index (χ2n) is 11.2. The smallest absolute Gasteiger partial charge is 0.326 e. The van der Waals surface area contributed by atoms with Crippen LogP contribution in [0, 0.1) is 0 Å². The number of phenolic OH excluding ortho intramolecular Hbond substituents is 2. The van der Waals surface area contributed by atoms with Crippen molar-refractivity contribution < 1.29 is 34.5 Å². The molecule has 0 fully saturated rings. The van der Waals surface area contributed by atoms with Crippen molar-refractivity contribution in [1.29, 1.82) is 0 Å². The van der Waals surface area contributed by atoms with Gasteiger partial charge in [0.1, 0.15) is 29.6 Å². The Balaban J connectivity index is 1.53. The number of hydrogen-bond donors (Lipinski definition) is 8. The van der Waals surface area contributed by atoms with Crippen molar-refractivity contribution in [2.24, 2.45) is 5.73 Å². The maximum Gasteiger partial charge on any atom is 0.326 e. The van der Waals surface area contributed by atoms with Gasteiger partial charge in [0.2, 0.25) is 17.7 Å². The van der Waals surface area contributed by atoms with Crippen LogP contribution < -0.4 is 21.7 Å². The van der Waals surface area contributed by atoms with E-state index in [1.54, 1.807) is 30.5 Å². The molecule has 13 heteroatoms. The second kappa shape index (κ2) is 16.5. The highest BCUT2D eigenvalue weighted by Crippen LogP contribution is 2.20. The molecule has 248 valence electrons. The molecule has 0 saturated heterocycles. The third-order valence-corrected chi connectivity index (χ3v) is 8.34. The van der Waals surface area contributed by atoms with E-state index in [1.165, 1.54) is 36.0 Å². The molecule has 12 nitrogen and oxygen atoms in total. The molecular formula is C34H39N5O7S. The van der Waals surface area contributed by atoms with Crippen LogP contribution in [0.2, 0.25) is 0 Å². The Morgan fingerprint density at radius 2 is 1.30 bits per heavy atom. The van der Waals surface area contributed by atoms with Gasteiger partial charge in [-0.15, -0.1) is 0 Å². The van der Waals surface area contributed by atoms with Crippen LogP contribution in [0.4, 0.5) is 0 Å². The predicted molar refractivity (Wildman–Crippen MR) is 180 cm³/mol. The first-order valence-electron chi connectivity index (χ1n) is 15.0. The number of aromatic nitrogens is 1. The first-order valence-corrected chi connectivity index (χ1v) is 16.4. The zero-order chi connectivity index (χ0) is 33.9. The lowest BCUT2D eigenvalue weighted by Crippen LogP contribution is -2.58. The van der Waals surface area contributed by atoms with Crippen LogP contribution in [0.15, 0.2) is 79.0 Å². The van der Waals surface area contributed by atoms with Crippen molar-refractivity contribution >= 4 is 46.4 Å². The lowest BCUT2D eigenvalue weighted by Gasteiger charge is -2.25. The summed E-state index contributed by atoms with van der Waals surface area (Å²) in [6.07, 6.45) is 4.01. The fraction of sp³-hybridized carbons (Fsp3) is 0.294. The standard InChI is InChI=1S/C34H39N5O7S/c1-47-15-14-28(37-31(42)26(35)16-20-6-10-23(40)11-7-20)32(43)38-29(18-22-19-36-27-5-3-2-4-25(22)27)33(44)39-30(34(45)46)17-21-8-12-24(41)13-9-21/h2-13,19,26,28-30,36,40-41H,14-18,35H2,1H3,(H,37,42)(H,38,43)(H,39,44)(H,45,46). The number of amides is 3. The fourth-order valence-electron chi connectivity index (χ4n) is 5.10. The van der Waals surface area contributed by atoms with E-state index in [4.69, 9.17) is 5.73 Å². The number of hydrogen-bond acceptors (Lipinski definition) is 8. The summed E-state index contributed by atoms with van der Waals surface area (Å²) in [7, 11) is 0. The third kappa shape index (κ3) is 9.99. The summed E-state index contributed by atoms with van der Waals surface area (Å²) in [6.45, 7) is 0. The van der Waals surface area contributed by atoms with Crippen LogP contribution in [-0.2, 0) is 38.4 Å². The summed E-state index contributed by atoms with van der Waals surface area (Å²) < 4.78 is 0. The average molecular weight is 662 g/mol. The van der Waals surface area contributed by atoms with Crippen LogP contribution in [0.5, 0.6) is 11.5 Å². The lowest BCUT2D eigenvalue weighted by atomic mass is 10.0. The summed E-state index contributed by atoms with van der Waals surface area (Å²) in [5.74, 6) is -2.52. The number of carbonyl (C=O) groups is 4. The molecule has 9 N–H and O–H groups in total. The molecule has 3 aromatic carbocycles. The van der Waals surface area contributed by atoms with Gasteiger partial charge in [-0.25, -0.2) is 4.79 Å². The van der Waals surface area contributed by atoms with Crippen LogP contribution in [0.3, 0.4) is 0 Å². The van der Waals surface area contributed by atoms with Crippen molar-refractivity contribution in [2.45, 2.75) is 49.9 Å². The van der Waals surface area contributed by atoms with E-state index in [-0.39, 0.29) is 37.2 Å². The number of carbonyl (C=O) groups excluding carboxylic acids is 3. The fourth-order valence-corrected chi connectivity index (χ4v) is 5.58. The predicted octanol–water partition coefficient (Wildman–Crippen LogP) is 2.23. The number of aromatic amines is 1. The third-order valence-electron chi connectivity index (χ3n) is 7.70. The van der Waals surface area contributed by atoms with Crippen molar-refractivity contribution in [1.82, 2.24) is 20.9 Å². The van der Waals surface area contributed by atoms with Gasteiger partial charge in [-0.1, -0.05) is 42.5 Å². The zero-order valence-corrected chi connectivity index (χ0v) is 26.6. The van der Waals surface area contributed by atoms with Gasteiger partial charge in [-0.3, -0.25) is 14.4 Å². The van der Waals surface area contributed by atoms with Gasteiger partial charge in [0.05, 0.1) is 6.04 Å². The number of nitrogens with one attached hydrogen (secondary N) is 4. The number of phenols is 2. The van der Waals surface area contributed by atoms with Crippen LogP contribution in [0.1, 0.15) is 23.1 Å². The van der Waals surface area contributed by atoms with E-state index in [1.807, 2.05) is 30.5 Å². The number of rotatable bonds is 16. The maximum atomic E-state index is 13.7. The van der Waals surface area contributed by atoms with E-state index >= 15 is 0 Å². The monoisotopic (exact) mass is 661 g/mol. The lowest BCUT2D eigenvalue weighted by molar-refractivity contribution is -0.142. The van der Waals surface area contributed by atoms with Gasteiger partial charge >= 0.3 is 5.97 Å². The molecule has 3 amide bonds. The molecule has 0 bridgehead atoms. The molecule has 0 aliphatic rings. The van der Waals surface area contributed by atoms with Gasteiger partial charge in [0.25, 0.3) is 0 Å². The van der Waals surface area contributed by atoms with Gasteiger partial charge in [0.15, 0.2) is 0 Å². The molecule has 47 heavy (non-hydrogen) atoms. The number of thioether (sulfide) groups is 1. The average Bonchev–Trinajstić information content (AvgIpc) is 3.46. The molecule has 1 heterocycles. The van der Waals surface area contributed by atoms with E-state index in [0.717, 1.165) is 22.0 Å². The van der Waals surface area contributed by atoms with Crippen molar-refractivity contribution in [2.75, 3.05) is 12.0 Å². The number of para-hydroxylation sites is 1.